The van der Waals surface area contributed by atoms with E-state index < -0.39 is 24.4 Å². The summed E-state index contributed by atoms with van der Waals surface area (Å²) < 4.78 is 30.4. The third-order valence-electron chi connectivity index (χ3n) is 5.61. The van der Waals surface area contributed by atoms with Crippen LogP contribution in [0.3, 0.4) is 0 Å². The van der Waals surface area contributed by atoms with Gasteiger partial charge in [-0.15, -0.1) is 13.2 Å². The maximum Gasteiger partial charge on any atom is 0.321 e. The summed E-state index contributed by atoms with van der Waals surface area (Å²) in [6, 6.07) is 16.6. The summed E-state index contributed by atoms with van der Waals surface area (Å²) in [5.74, 6) is 0. The van der Waals surface area contributed by atoms with E-state index >= 15 is 8.78 Å². The lowest BCUT2D eigenvalue weighted by molar-refractivity contribution is 0.170. The first-order valence-electron chi connectivity index (χ1n) is 10.2. The van der Waals surface area contributed by atoms with E-state index in [4.69, 9.17) is 0 Å². The van der Waals surface area contributed by atoms with Crippen LogP contribution in [0.1, 0.15) is 36.3 Å². The van der Waals surface area contributed by atoms with Crippen LogP contribution in [-0.2, 0) is 0 Å². The van der Waals surface area contributed by atoms with Crippen molar-refractivity contribution in [2.24, 2.45) is 0 Å². The van der Waals surface area contributed by atoms with Crippen molar-refractivity contribution in [1.82, 2.24) is 9.80 Å². The van der Waals surface area contributed by atoms with Crippen LogP contribution < -0.4 is 0 Å². The summed E-state index contributed by atoms with van der Waals surface area (Å²) in [5.41, 5.74) is 1.12. The Kier molecular flexibility index (Phi) is 7.39. The molecule has 4 unspecified atom stereocenters. The molecule has 1 saturated heterocycles. The Morgan fingerprint density at radius 3 is 1.47 bits per heavy atom. The molecule has 0 aromatic heterocycles. The second-order valence-corrected chi connectivity index (χ2v) is 7.53. The molecule has 4 atom stereocenters. The van der Waals surface area contributed by atoms with E-state index in [-0.39, 0.29) is 32.0 Å². The SMILES string of the molecule is C=CCN1C(=O)N(CC=C)C(CC(F)c2ccccc2)C1CC(F)c1ccccc1. The van der Waals surface area contributed by atoms with Gasteiger partial charge in [0.2, 0.25) is 0 Å². The first kappa shape index (κ1) is 21.8. The molecule has 5 heteroatoms. The van der Waals surface area contributed by atoms with Crippen molar-refractivity contribution < 1.29 is 13.6 Å². The molecule has 1 heterocycles. The second-order valence-electron chi connectivity index (χ2n) is 7.53. The molecule has 1 aliphatic rings. The van der Waals surface area contributed by atoms with Crippen LogP contribution in [0.5, 0.6) is 0 Å². The molecule has 0 aliphatic carbocycles. The lowest BCUT2D eigenvalue weighted by Crippen LogP contribution is -2.39. The monoisotopic (exact) mass is 410 g/mol. The Bertz CT molecular complexity index is 773. The molecule has 2 amide bonds. The Labute approximate surface area is 177 Å². The van der Waals surface area contributed by atoms with Gasteiger partial charge in [0.25, 0.3) is 0 Å². The molecule has 2 aromatic carbocycles. The van der Waals surface area contributed by atoms with E-state index in [9.17, 15) is 4.79 Å². The molecule has 0 radical (unpaired) electrons. The molecule has 0 saturated carbocycles. The number of benzene rings is 2. The topological polar surface area (TPSA) is 23.6 Å². The van der Waals surface area contributed by atoms with Gasteiger partial charge in [-0.3, -0.25) is 0 Å². The maximum atomic E-state index is 15.2. The molecule has 0 bridgehead atoms. The zero-order chi connectivity index (χ0) is 21.5. The van der Waals surface area contributed by atoms with Gasteiger partial charge in [-0.05, 0) is 11.1 Å². The second kappa shape index (κ2) is 10.2. The smallest absolute Gasteiger partial charge is 0.316 e. The third-order valence-corrected chi connectivity index (χ3v) is 5.61. The number of amides is 2. The summed E-state index contributed by atoms with van der Waals surface area (Å²) in [4.78, 5) is 16.3. The quantitative estimate of drug-likeness (QED) is 0.438. The lowest BCUT2D eigenvalue weighted by Gasteiger charge is -2.29. The Morgan fingerprint density at radius 2 is 1.13 bits per heavy atom. The van der Waals surface area contributed by atoms with Gasteiger partial charge in [0.1, 0.15) is 12.3 Å². The fraction of sp³-hybridized carbons (Fsp3) is 0.320. The van der Waals surface area contributed by atoms with Crippen molar-refractivity contribution in [3.05, 3.63) is 97.1 Å². The maximum absolute atomic E-state index is 15.2. The van der Waals surface area contributed by atoms with E-state index in [2.05, 4.69) is 13.2 Å². The van der Waals surface area contributed by atoms with Crippen molar-refractivity contribution in [2.75, 3.05) is 13.1 Å². The number of rotatable bonds is 10. The fourth-order valence-electron chi connectivity index (χ4n) is 4.16. The van der Waals surface area contributed by atoms with Crippen molar-refractivity contribution in [3.63, 3.8) is 0 Å². The minimum Gasteiger partial charge on any atom is -0.316 e. The fourth-order valence-corrected chi connectivity index (χ4v) is 4.16. The Balaban J connectivity index is 1.89. The highest BCUT2D eigenvalue weighted by molar-refractivity contribution is 5.78. The summed E-state index contributed by atoms with van der Waals surface area (Å²) >= 11 is 0. The standard InChI is InChI=1S/C25H28F2N2O/c1-3-15-28-23(17-21(26)19-11-7-5-8-12-19)24(29(16-4-2)25(28)30)18-22(27)20-13-9-6-10-14-20/h3-14,21-24H,1-2,15-18H2. The number of alkyl halides is 2. The predicted molar refractivity (Wildman–Crippen MR) is 117 cm³/mol. The summed E-state index contributed by atoms with van der Waals surface area (Å²) in [5, 5.41) is 0. The van der Waals surface area contributed by atoms with Gasteiger partial charge in [0.05, 0.1) is 12.1 Å². The van der Waals surface area contributed by atoms with Crippen LogP contribution in [0.15, 0.2) is 86.0 Å². The highest BCUT2D eigenvalue weighted by Gasteiger charge is 2.46. The van der Waals surface area contributed by atoms with E-state index in [1.54, 1.807) is 70.5 Å². The molecule has 3 rings (SSSR count). The van der Waals surface area contributed by atoms with Gasteiger partial charge >= 0.3 is 6.03 Å². The minimum atomic E-state index is -1.25. The molecule has 2 aromatic rings. The summed E-state index contributed by atoms with van der Waals surface area (Å²) in [7, 11) is 0. The molecule has 30 heavy (non-hydrogen) atoms. The molecule has 1 aliphatic heterocycles. The van der Waals surface area contributed by atoms with Crippen molar-refractivity contribution in [3.8, 4) is 0 Å². The lowest BCUT2D eigenvalue weighted by atomic mass is 9.92. The molecule has 0 spiro atoms. The molecular formula is C25H28F2N2O. The molecule has 158 valence electrons. The van der Waals surface area contributed by atoms with Gasteiger partial charge in [-0.25, -0.2) is 13.6 Å². The van der Waals surface area contributed by atoms with Gasteiger partial charge in [-0.2, -0.15) is 0 Å². The summed E-state index contributed by atoms with van der Waals surface area (Å²) in [6.07, 6.45) is 0.945. The van der Waals surface area contributed by atoms with Gasteiger partial charge in [0, 0.05) is 25.9 Å². The van der Waals surface area contributed by atoms with E-state index in [1.165, 1.54) is 0 Å². The van der Waals surface area contributed by atoms with Crippen molar-refractivity contribution >= 4 is 6.03 Å². The summed E-state index contributed by atoms with van der Waals surface area (Å²) in [6.45, 7) is 8.05. The highest BCUT2D eigenvalue weighted by Crippen LogP contribution is 2.37. The normalized spacial score (nSPS) is 20.8. The number of carbonyl (C=O) groups excluding carboxylic acids is 1. The number of hydrogen-bond donors (Lipinski definition) is 0. The average Bonchev–Trinajstić information content (AvgIpc) is 3.01. The van der Waals surface area contributed by atoms with Gasteiger partial charge < -0.3 is 9.80 Å². The van der Waals surface area contributed by atoms with Crippen LogP contribution >= 0.6 is 0 Å². The predicted octanol–water partition coefficient (Wildman–Crippen LogP) is 6.04. The van der Waals surface area contributed by atoms with Gasteiger partial charge in [0.15, 0.2) is 0 Å². The van der Waals surface area contributed by atoms with E-state index in [1.807, 2.05) is 12.1 Å². The molecule has 0 N–H and O–H groups in total. The van der Waals surface area contributed by atoms with Crippen molar-refractivity contribution in [1.29, 1.82) is 0 Å². The molecule has 3 nitrogen and oxygen atoms in total. The first-order valence-corrected chi connectivity index (χ1v) is 10.2. The number of urea groups is 1. The highest BCUT2D eigenvalue weighted by atomic mass is 19.1. The van der Waals surface area contributed by atoms with Crippen molar-refractivity contribution in [2.45, 2.75) is 37.3 Å². The average molecular weight is 411 g/mol. The number of halogens is 2. The van der Waals surface area contributed by atoms with Crippen LogP contribution in [0, 0.1) is 0 Å². The van der Waals surface area contributed by atoms with Crippen LogP contribution in [0.4, 0.5) is 13.6 Å². The van der Waals surface area contributed by atoms with E-state index in [0.29, 0.717) is 11.1 Å². The van der Waals surface area contributed by atoms with Crippen LogP contribution in [0.2, 0.25) is 0 Å². The molecular weight excluding hydrogens is 382 g/mol. The van der Waals surface area contributed by atoms with E-state index in [0.717, 1.165) is 0 Å². The van der Waals surface area contributed by atoms with Gasteiger partial charge in [-0.1, -0.05) is 72.8 Å². The number of carbonyl (C=O) groups is 1. The van der Waals surface area contributed by atoms with Crippen LogP contribution in [0.25, 0.3) is 0 Å². The Hall–Kier alpha value is -2.95. The minimum absolute atomic E-state index is 0.101. The Morgan fingerprint density at radius 1 is 0.767 bits per heavy atom. The first-order chi connectivity index (χ1) is 14.6. The number of hydrogen-bond acceptors (Lipinski definition) is 1. The zero-order valence-corrected chi connectivity index (χ0v) is 17.0. The third kappa shape index (κ3) is 4.78. The largest absolute Gasteiger partial charge is 0.321 e. The van der Waals surface area contributed by atoms with Crippen LogP contribution in [-0.4, -0.2) is 41.0 Å². The number of nitrogens with zero attached hydrogens (tertiary/aromatic N) is 2. The zero-order valence-electron chi connectivity index (χ0n) is 17.0. The molecule has 1 fully saturated rings.